The molecule has 98 valence electrons. The number of epoxide rings is 1. The molecule has 0 aromatic rings. The minimum Gasteiger partial charge on any atom is -0.464 e. The molecular formula is C14H24O3. The molecule has 0 aromatic heterocycles. The van der Waals surface area contributed by atoms with Gasteiger partial charge in [0.05, 0.1) is 6.61 Å². The Labute approximate surface area is 104 Å². The molecule has 0 radical (unpaired) electrons. The molecule has 1 saturated carbocycles. The summed E-state index contributed by atoms with van der Waals surface area (Å²) in [6, 6.07) is 0. The summed E-state index contributed by atoms with van der Waals surface area (Å²) in [5, 5.41) is 0. The third-order valence-corrected chi connectivity index (χ3v) is 4.35. The van der Waals surface area contributed by atoms with E-state index < -0.39 is 5.60 Å². The van der Waals surface area contributed by atoms with Gasteiger partial charge in [-0.05, 0) is 44.9 Å². The summed E-state index contributed by atoms with van der Waals surface area (Å²) in [5.41, 5.74) is -0.778. The molecule has 1 saturated heterocycles. The Bertz CT molecular complexity index is 292. The third-order valence-electron chi connectivity index (χ3n) is 4.35. The number of rotatable bonds is 4. The highest BCUT2D eigenvalue weighted by atomic mass is 16.7. The van der Waals surface area contributed by atoms with E-state index in [9.17, 15) is 4.79 Å². The zero-order valence-corrected chi connectivity index (χ0v) is 11.3. The van der Waals surface area contributed by atoms with Crippen molar-refractivity contribution in [3.63, 3.8) is 0 Å². The fourth-order valence-electron chi connectivity index (χ4n) is 3.25. The van der Waals surface area contributed by atoms with Crippen LogP contribution < -0.4 is 0 Å². The van der Waals surface area contributed by atoms with Crippen LogP contribution in [0.5, 0.6) is 0 Å². The average Bonchev–Trinajstić information content (AvgIpc) is 2.93. The maximum Gasteiger partial charge on any atom is 0.341 e. The van der Waals surface area contributed by atoms with Crippen molar-refractivity contribution in [2.45, 2.75) is 70.5 Å². The number of carbonyl (C=O) groups is 1. The van der Waals surface area contributed by atoms with E-state index >= 15 is 0 Å². The molecule has 17 heavy (non-hydrogen) atoms. The number of esters is 1. The Morgan fingerprint density at radius 1 is 1.35 bits per heavy atom. The van der Waals surface area contributed by atoms with Gasteiger partial charge in [0.15, 0.2) is 5.60 Å². The van der Waals surface area contributed by atoms with Crippen LogP contribution in [0.2, 0.25) is 0 Å². The lowest BCUT2D eigenvalue weighted by Crippen LogP contribution is -2.38. The van der Waals surface area contributed by atoms with E-state index in [2.05, 4.69) is 13.8 Å². The molecule has 1 unspecified atom stereocenters. The van der Waals surface area contributed by atoms with Crippen LogP contribution in [0.4, 0.5) is 0 Å². The molecule has 1 spiro atoms. The van der Waals surface area contributed by atoms with Gasteiger partial charge in [0.25, 0.3) is 0 Å². The molecule has 2 fully saturated rings. The fraction of sp³-hybridized carbons (Fsp3) is 0.929. The lowest BCUT2D eigenvalue weighted by Gasteiger charge is -2.26. The van der Waals surface area contributed by atoms with Crippen molar-refractivity contribution in [1.29, 1.82) is 0 Å². The zero-order chi connectivity index (χ0) is 12.5. The van der Waals surface area contributed by atoms with Crippen molar-refractivity contribution >= 4 is 5.97 Å². The minimum atomic E-state index is -0.599. The lowest BCUT2D eigenvalue weighted by atomic mass is 9.75. The van der Waals surface area contributed by atoms with Crippen molar-refractivity contribution in [1.82, 2.24) is 0 Å². The van der Waals surface area contributed by atoms with Gasteiger partial charge in [-0.3, -0.25) is 0 Å². The SMILES string of the molecule is CCCC1(C(=O)OCC)OC12CCC(C)CC2. The topological polar surface area (TPSA) is 38.8 Å². The first-order chi connectivity index (χ1) is 8.10. The van der Waals surface area contributed by atoms with E-state index in [1.165, 1.54) is 12.8 Å². The van der Waals surface area contributed by atoms with Crippen LogP contribution >= 0.6 is 0 Å². The van der Waals surface area contributed by atoms with E-state index in [1.807, 2.05) is 6.92 Å². The predicted molar refractivity (Wildman–Crippen MR) is 65.7 cm³/mol. The summed E-state index contributed by atoms with van der Waals surface area (Å²) >= 11 is 0. The van der Waals surface area contributed by atoms with Crippen LogP contribution in [0, 0.1) is 5.92 Å². The quantitative estimate of drug-likeness (QED) is 0.560. The Hall–Kier alpha value is -0.570. The zero-order valence-electron chi connectivity index (χ0n) is 11.3. The molecule has 0 N–H and O–H groups in total. The van der Waals surface area contributed by atoms with Crippen LogP contribution in [0.25, 0.3) is 0 Å². The van der Waals surface area contributed by atoms with Gasteiger partial charge in [-0.1, -0.05) is 20.3 Å². The summed E-state index contributed by atoms with van der Waals surface area (Å²) in [7, 11) is 0. The van der Waals surface area contributed by atoms with Gasteiger partial charge in [0.2, 0.25) is 0 Å². The van der Waals surface area contributed by atoms with Gasteiger partial charge in [-0.15, -0.1) is 0 Å². The first-order valence-electron chi connectivity index (χ1n) is 6.97. The highest BCUT2D eigenvalue weighted by Gasteiger charge is 2.74. The summed E-state index contributed by atoms with van der Waals surface area (Å²) in [6.07, 6.45) is 6.16. The van der Waals surface area contributed by atoms with Gasteiger partial charge in [-0.2, -0.15) is 0 Å². The fourth-order valence-corrected chi connectivity index (χ4v) is 3.25. The second-order valence-corrected chi connectivity index (χ2v) is 5.58. The highest BCUT2D eigenvalue weighted by molar-refractivity contribution is 5.85. The molecule has 2 aliphatic rings. The molecule has 0 bridgehead atoms. The van der Waals surface area contributed by atoms with Crippen molar-refractivity contribution < 1.29 is 14.3 Å². The first-order valence-corrected chi connectivity index (χ1v) is 6.97. The molecule has 1 atom stereocenters. The van der Waals surface area contributed by atoms with Crippen molar-refractivity contribution in [2.24, 2.45) is 5.92 Å². The normalized spacial score (nSPS) is 40.3. The number of ether oxygens (including phenoxy) is 2. The Balaban J connectivity index is 2.08. The standard InChI is InChI=1S/C14H24O3/c1-4-8-14(12(15)16-5-2)13(17-14)9-6-11(3)7-10-13/h11H,4-10H2,1-3H3. The molecule has 3 heteroatoms. The van der Waals surface area contributed by atoms with E-state index in [-0.39, 0.29) is 11.6 Å². The maximum atomic E-state index is 12.1. The molecule has 3 nitrogen and oxygen atoms in total. The molecule has 1 aliphatic carbocycles. The van der Waals surface area contributed by atoms with E-state index in [0.717, 1.165) is 31.6 Å². The van der Waals surface area contributed by atoms with Crippen LogP contribution in [0.15, 0.2) is 0 Å². The predicted octanol–water partition coefficient (Wildman–Crippen LogP) is 3.07. The molecule has 1 aliphatic heterocycles. The smallest absolute Gasteiger partial charge is 0.341 e. The summed E-state index contributed by atoms with van der Waals surface area (Å²) < 4.78 is 11.2. The average molecular weight is 240 g/mol. The lowest BCUT2D eigenvalue weighted by molar-refractivity contribution is -0.150. The van der Waals surface area contributed by atoms with Gasteiger partial charge in [-0.25, -0.2) is 4.79 Å². The third kappa shape index (κ3) is 1.99. The number of carbonyl (C=O) groups excluding carboxylic acids is 1. The number of hydrogen-bond acceptors (Lipinski definition) is 3. The van der Waals surface area contributed by atoms with Crippen LogP contribution in [0.3, 0.4) is 0 Å². The van der Waals surface area contributed by atoms with Gasteiger partial charge in [0, 0.05) is 0 Å². The highest BCUT2D eigenvalue weighted by Crippen LogP contribution is 2.60. The van der Waals surface area contributed by atoms with Crippen LogP contribution in [0.1, 0.15) is 59.3 Å². The summed E-state index contributed by atoms with van der Waals surface area (Å²) in [4.78, 5) is 12.1. The van der Waals surface area contributed by atoms with Crippen molar-refractivity contribution in [3.8, 4) is 0 Å². The monoisotopic (exact) mass is 240 g/mol. The van der Waals surface area contributed by atoms with Crippen LogP contribution in [-0.4, -0.2) is 23.8 Å². The minimum absolute atomic E-state index is 0.128. The Morgan fingerprint density at radius 2 is 2.00 bits per heavy atom. The molecule has 1 heterocycles. The van der Waals surface area contributed by atoms with Crippen molar-refractivity contribution in [3.05, 3.63) is 0 Å². The van der Waals surface area contributed by atoms with Gasteiger partial charge < -0.3 is 9.47 Å². The summed E-state index contributed by atoms with van der Waals surface area (Å²) in [5.74, 6) is 0.641. The Morgan fingerprint density at radius 3 is 2.53 bits per heavy atom. The van der Waals surface area contributed by atoms with E-state index in [0.29, 0.717) is 6.61 Å². The molecular weight excluding hydrogens is 216 g/mol. The molecule has 0 amide bonds. The summed E-state index contributed by atoms with van der Waals surface area (Å²) in [6.45, 7) is 6.68. The van der Waals surface area contributed by atoms with Gasteiger partial charge in [0.1, 0.15) is 5.60 Å². The molecule has 2 rings (SSSR count). The van der Waals surface area contributed by atoms with Gasteiger partial charge >= 0.3 is 5.97 Å². The number of hydrogen-bond donors (Lipinski definition) is 0. The first kappa shape index (κ1) is 12.9. The van der Waals surface area contributed by atoms with E-state index in [4.69, 9.17) is 9.47 Å². The second-order valence-electron chi connectivity index (χ2n) is 5.58. The van der Waals surface area contributed by atoms with E-state index in [1.54, 1.807) is 0 Å². The van der Waals surface area contributed by atoms with Crippen LogP contribution in [-0.2, 0) is 14.3 Å². The maximum absolute atomic E-state index is 12.1. The second kappa shape index (κ2) is 4.60. The molecule has 0 aromatic carbocycles. The Kier molecular flexibility index (Phi) is 3.48. The largest absolute Gasteiger partial charge is 0.464 e. The van der Waals surface area contributed by atoms with Crippen molar-refractivity contribution in [2.75, 3.05) is 6.61 Å².